The van der Waals surface area contributed by atoms with Gasteiger partial charge in [-0.1, -0.05) is 26.2 Å². The molecule has 0 aliphatic heterocycles. The zero-order valence-electron chi connectivity index (χ0n) is 12.2. The van der Waals surface area contributed by atoms with E-state index in [1.54, 1.807) is 0 Å². The Labute approximate surface area is 112 Å². The molecule has 110 valence electrons. The molecule has 1 atom stereocenters. The minimum absolute atomic E-state index is 0.142. The Kier molecular flexibility index (Phi) is 10.6. The molecule has 0 aromatic heterocycles. The van der Waals surface area contributed by atoms with Gasteiger partial charge in [0, 0.05) is 25.3 Å². The molecule has 0 saturated carbocycles. The molecule has 0 bridgehead atoms. The topological polar surface area (TPSA) is 61.7 Å². The maximum absolute atomic E-state index is 9.73. The van der Waals surface area contributed by atoms with Crippen molar-refractivity contribution in [1.29, 1.82) is 0 Å². The molecule has 0 aliphatic carbocycles. The average Bonchev–Trinajstić information content (AvgIpc) is 2.31. The summed E-state index contributed by atoms with van der Waals surface area (Å²) in [6.45, 7) is 7.99. The third-order valence-corrected chi connectivity index (χ3v) is 3.01. The summed E-state index contributed by atoms with van der Waals surface area (Å²) >= 11 is 0. The number of ether oxygens (including phenoxy) is 1. The Bertz CT molecular complexity index is 186. The van der Waals surface area contributed by atoms with E-state index < -0.39 is 6.10 Å². The molecule has 0 spiro atoms. The van der Waals surface area contributed by atoms with Crippen LogP contribution in [0.1, 0.15) is 52.9 Å². The number of β-amino-alcohol motifs (C(OH)–C–C–N with tert-alkyl or cyclic N) is 1. The van der Waals surface area contributed by atoms with Crippen molar-refractivity contribution in [3.05, 3.63) is 0 Å². The zero-order valence-corrected chi connectivity index (χ0v) is 12.2. The minimum atomic E-state index is -0.478. The van der Waals surface area contributed by atoms with Crippen LogP contribution in [0.3, 0.4) is 0 Å². The summed E-state index contributed by atoms with van der Waals surface area (Å²) in [6.07, 6.45) is 4.96. The normalized spacial score (nSPS) is 13.8. The van der Waals surface area contributed by atoms with Crippen molar-refractivity contribution in [2.24, 2.45) is 0 Å². The number of nitrogens with one attached hydrogen (secondary N) is 1. The molecule has 0 aromatic rings. The van der Waals surface area contributed by atoms with Crippen molar-refractivity contribution in [1.82, 2.24) is 5.32 Å². The highest BCUT2D eigenvalue weighted by Gasteiger charge is 2.17. The van der Waals surface area contributed by atoms with Gasteiger partial charge in [-0.2, -0.15) is 0 Å². The van der Waals surface area contributed by atoms with Crippen LogP contribution < -0.4 is 5.32 Å². The van der Waals surface area contributed by atoms with E-state index in [2.05, 4.69) is 12.2 Å². The molecule has 0 fully saturated rings. The van der Waals surface area contributed by atoms with Crippen molar-refractivity contribution >= 4 is 0 Å². The van der Waals surface area contributed by atoms with E-state index in [-0.39, 0.29) is 12.1 Å². The summed E-state index contributed by atoms with van der Waals surface area (Å²) in [7, 11) is 0. The van der Waals surface area contributed by atoms with Crippen LogP contribution in [-0.2, 0) is 4.74 Å². The van der Waals surface area contributed by atoms with Crippen LogP contribution in [0, 0.1) is 0 Å². The van der Waals surface area contributed by atoms with Crippen molar-refractivity contribution in [3.63, 3.8) is 0 Å². The molecule has 0 aliphatic rings. The maximum Gasteiger partial charge on any atom is 0.0897 e. The number of hydrogen-bond donors (Lipinski definition) is 3. The van der Waals surface area contributed by atoms with E-state index in [1.807, 2.05) is 13.8 Å². The van der Waals surface area contributed by atoms with E-state index in [4.69, 9.17) is 9.84 Å². The van der Waals surface area contributed by atoms with Gasteiger partial charge in [-0.3, -0.25) is 0 Å². The maximum atomic E-state index is 9.73. The molecule has 4 nitrogen and oxygen atoms in total. The number of aliphatic hydroxyl groups excluding tert-OH is 2. The number of unbranched alkanes of at least 4 members (excludes halogenated alkanes) is 3. The fraction of sp³-hybridized carbons (Fsp3) is 1.00. The van der Waals surface area contributed by atoms with E-state index >= 15 is 0 Å². The summed E-state index contributed by atoms with van der Waals surface area (Å²) < 4.78 is 5.43. The van der Waals surface area contributed by atoms with Crippen molar-refractivity contribution in [3.8, 4) is 0 Å². The lowest BCUT2D eigenvalue weighted by atomic mass is 10.0. The quantitative estimate of drug-likeness (QED) is 0.468. The van der Waals surface area contributed by atoms with Crippen LogP contribution in [0.25, 0.3) is 0 Å². The monoisotopic (exact) mass is 261 g/mol. The van der Waals surface area contributed by atoms with Gasteiger partial charge in [0.25, 0.3) is 0 Å². The van der Waals surface area contributed by atoms with Gasteiger partial charge in [-0.25, -0.2) is 0 Å². The summed E-state index contributed by atoms with van der Waals surface area (Å²) in [5.74, 6) is 0. The Balaban J connectivity index is 3.45. The van der Waals surface area contributed by atoms with E-state index in [0.29, 0.717) is 19.6 Å². The Morgan fingerprint density at radius 2 is 1.94 bits per heavy atom. The average molecular weight is 261 g/mol. The molecule has 4 heteroatoms. The molecule has 0 rings (SSSR count). The predicted molar refractivity (Wildman–Crippen MR) is 74.8 cm³/mol. The molecular weight excluding hydrogens is 230 g/mol. The second kappa shape index (κ2) is 10.7. The highest BCUT2D eigenvalue weighted by molar-refractivity contribution is 4.78. The van der Waals surface area contributed by atoms with Gasteiger partial charge in [-0.05, 0) is 26.7 Å². The van der Waals surface area contributed by atoms with E-state index in [1.165, 1.54) is 19.3 Å². The molecule has 0 aromatic carbocycles. The highest BCUT2D eigenvalue weighted by atomic mass is 16.5. The van der Waals surface area contributed by atoms with Gasteiger partial charge in [0.05, 0.1) is 12.7 Å². The minimum Gasteiger partial charge on any atom is -0.396 e. The molecular formula is C14H31NO3. The first-order chi connectivity index (χ1) is 8.52. The first-order valence-electron chi connectivity index (χ1n) is 7.13. The molecule has 0 saturated heterocycles. The van der Waals surface area contributed by atoms with Gasteiger partial charge in [0.1, 0.15) is 0 Å². The van der Waals surface area contributed by atoms with Crippen LogP contribution >= 0.6 is 0 Å². The third-order valence-electron chi connectivity index (χ3n) is 3.01. The standard InChI is InChI=1S/C14H31NO3/c1-4-5-6-7-10-18-12-13(17)11-15-14(2,3)8-9-16/h13,15-17H,4-12H2,1-3H3. The first kappa shape index (κ1) is 17.8. The second-order valence-electron chi connectivity index (χ2n) is 5.53. The van der Waals surface area contributed by atoms with E-state index in [0.717, 1.165) is 13.0 Å². The number of rotatable bonds is 12. The van der Waals surface area contributed by atoms with Crippen LogP contribution in [0.4, 0.5) is 0 Å². The fourth-order valence-corrected chi connectivity index (χ4v) is 1.67. The van der Waals surface area contributed by atoms with Crippen molar-refractivity contribution in [2.75, 3.05) is 26.4 Å². The lowest BCUT2D eigenvalue weighted by Crippen LogP contribution is -2.45. The van der Waals surface area contributed by atoms with Gasteiger partial charge >= 0.3 is 0 Å². The van der Waals surface area contributed by atoms with Gasteiger partial charge < -0.3 is 20.3 Å². The second-order valence-corrected chi connectivity index (χ2v) is 5.53. The number of aliphatic hydroxyl groups is 2. The van der Waals surface area contributed by atoms with Gasteiger partial charge in [-0.15, -0.1) is 0 Å². The fourth-order valence-electron chi connectivity index (χ4n) is 1.67. The Morgan fingerprint density at radius 3 is 2.56 bits per heavy atom. The molecule has 0 amide bonds. The van der Waals surface area contributed by atoms with E-state index in [9.17, 15) is 5.11 Å². The van der Waals surface area contributed by atoms with Crippen molar-refractivity contribution < 1.29 is 14.9 Å². The SMILES string of the molecule is CCCCCCOCC(O)CNC(C)(C)CCO. The van der Waals surface area contributed by atoms with Crippen LogP contribution in [0.5, 0.6) is 0 Å². The summed E-state index contributed by atoms with van der Waals surface area (Å²) in [6, 6.07) is 0. The molecule has 0 heterocycles. The molecule has 0 radical (unpaired) electrons. The first-order valence-corrected chi connectivity index (χ1v) is 7.13. The van der Waals surface area contributed by atoms with Crippen molar-refractivity contribution in [2.45, 2.75) is 64.5 Å². The Hall–Kier alpha value is -0.160. The van der Waals surface area contributed by atoms with Gasteiger partial charge in [0.2, 0.25) is 0 Å². The summed E-state index contributed by atoms with van der Waals surface area (Å²) in [5.41, 5.74) is -0.142. The largest absolute Gasteiger partial charge is 0.396 e. The lowest BCUT2D eigenvalue weighted by molar-refractivity contribution is 0.0313. The highest BCUT2D eigenvalue weighted by Crippen LogP contribution is 2.07. The smallest absolute Gasteiger partial charge is 0.0897 e. The van der Waals surface area contributed by atoms with Crippen LogP contribution in [0.2, 0.25) is 0 Å². The van der Waals surface area contributed by atoms with Crippen LogP contribution in [-0.4, -0.2) is 48.2 Å². The molecule has 1 unspecified atom stereocenters. The summed E-state index contributed by atoms with van der Waals surface area (Å²) in [4.78, 5) is 0. The van der Waals surface area contributed by atoms with Crippen LogP contribution in [0.15, 0.2) is 0 Å². The molecule has 18 heavy (non-hydrogen) atoms. The summed E-state index contributed by atoms with van der Waals surface area (Å²) in [5, 5.41) is 21.8. The predicted octanol–water partition coefficient (Wildman–Crippen LogP) is 1.69. The number of hydrogen-bond acceptors (Lipinski definition) is 4. The van der Waals surface area contributed by atoms with Gasteiger partial charge in [0.15, 0.2) is 0 Å². The zero-order chi connectivity index (χ0) is 13.9. The lowest BCUT2D eigenvalue weighted by Gasteiger charge is -2.27. The third kappa shape index (κ3) is 11.0. The molecule has 3 N–H and O–H groups in total. The Morgan fingerprint density at radius 1 is 1.22 bits per heavy atom.